The zero-order chi connectivity index (χ0) is 16.4. The summed E-state index contributed by atoms with van der Waals surface area (Å²) in [5.41, 5.74) is 4.08. The van der Waals surface area contributed by atoms with Crippen LogP contribution in [0.3, 0.4) is 0 Å². The van der Waals surface area contributed by atoms with E-state index in [0.29, 0.717) is 18.7 Å². The molecular weight excluding hydrogens is 288 g/mol. The molecule has 4 heteroatoms. The lowest BCUT2D eigenvalue weighted by Crippen LogP contribution is -2.28. The molecule has 4 nitrogen and oxygen atoms in total. The SMILES string of the molecule is CCN(Cc1cc(=O)oc2cc3c(cc12)CCC3)CC(C)C#N. The van der Waals surface area contributed by atoms with Gasteiger partial charge in [-0.3, -0.25) is 4.90 Å². The van der Waals surface area contributed by atoms with E-state index in [-0.39, 0.29) is 11.5 Å². The first-order chi connectivity index (χ1) is 11.1. The Kier molecular flexibility index (Phi) is 4.49. The number of hydrogen-bond donors (Lipinski definition) is 0. The van der Waals surface area contributed by atoms with Crippen molar-refractivity contribution in [2.24, 2.45) is 5.92 Å². The Morgan fingerprint density at radius 1 is 1.30 bits per heavy atom. The van der Waals surface area contributed by atoms with Crippen molar-refractivity contribution in [3.63, 3.8) is 0 Å². The molecule has 1 aromatic heterocycles. The molecule has 0 saturated carbocycles. The topological polar surface area (TPSA) is 57.2 Å². The zero-order valence-electron chi connectivity index (χ0n) is 13.8. The fourth-order valence-corrected chi connectivity index (χ4v) is 3.40. The van der Waals surface area contributed by atoms with Crippen LogP contribution in [0.5, 0.6) is 0 Å². The van der Waals surface area contributed by atoms with Gasteiger partial charge in [0.25, 0.3) is 0 Å². The van der Waals surface area contributed by atoms with Gasteiger partial charge >= 0.3 is 5.63 Å². The van der Waals surface area contributed by atoms with Gasteiger partial charge in [0.05, 0.1) is 12.0 Å². The Balaban J connectivity index is 1.99. The summed E-state index contributed by atoms with van der Waals surface area (Å²) in [4.78, 5) is 14.1. The summed E-state index contributed by atoms with van der Waals surface area (Å²) in [6.45, 7) is 6.23. The van der Waals surface area contributed by atoms with Crippen LogP contribution in [0.25, 0.3) is 11.0 Å². The fraction of sp³-hybridized carbons (Fsp3) is 0.474. The van der Waals surface area contributed by atoms with Gasteiger partial charge in [-0.2, -0.15) is 5.26 Å². The summed E-state index contributed by atoms with van der Waals surface area (Å²) >= 11 is 0. The molecule has 1 aliphatic carbocycles. The lowest BCUT2D eigenvalue weighted by atomic mass is 10.0. The second-order valence-corrected chi connectivity index (χ2v) is 6.42. The minimum Gasteiger partial charge on any atom is -0.423 e. The highest BCUT2D eigenvalue weighted by Gasteiger charge is 2.17. The van der Waals surface area contributed by atoms with E-state index in [1.54, 1.807) is 6.07 Å². The highest BCUT2D eigenvalue weighted by Crippen LogP contribution is 2.29. The number of nitrogens with zero attached hydrogens (tertiary/aromatic N) is 2. The molecule has 0 amide bonds. The van der Waals surface area contributed by atoms with Crippen molar-refractivity contribution in [3.8, 4) is 6.07 Å². The molecule has 1 atom stereocenters. The van der Waals surface area contributed by atoms with Gasteiger partial charge in [0, 0.05) is 24.5 Å². The molecule has 0 fully saturated rings. The third-order valence-corrected chi connectivity index (χ3v) is 4.64. The smallest absolute Gasteiger partial charge is 0.336 e. The number of hydrogen-bond acceptors (Lipinski definition) is 4. The average molecular weight is 310 g/mol. The predicted octanol–water partition coefficient (Wildman–Crippen LogP) is 3.26. The van der Waals surface area contributed by atoms with Crippen LogP contribution < -0.4 is 5.63 Å². The van der Waals surface area contributed by atoms with Gasteiger partial charge < -0.3 is 4.42 Å². The number of rotatable bonds is 5. The van der Waals surface area contributed by atoms with E-state index in [0.717, 1.165) is 30.3 Å². The van der Waals surface area contributed by atoms with Crippen LogP contribution in [-0.4, -0.2) is 18.0 Å². The van der Waals surface area contributed by atoms with E-state index >= 15 is 0 Å². The van der Waals surface area contributed by atoms with Crippen molar-refractivity contribution in [2.75, 3.05) is 13.1 Å². The highest BCUT2D eigenvalue weighted by molar-refractivity contribution is 5.82. The summed E-state index contributed by atoms with van der Waals surface area (Å²) in [5, 5.41) is 10.1. The lowest BCUT2D eigenvalue weighted by molar-refractivity contribution is 0.261. The van der Waals surface area contributed by atoms with Crippen molar-refractivity contribution >= 4 is 11.0 Å². The third kappa shape index (κ3) is 3.30. The van der Waals surface area contributed by atoms with E-state index < -0.39 is 0 Å². The molecule has 1 aliphatic rings. The van der Waals surface area contributed by atoms with Gasteiger partial charge in [-0.15, -0.1) is 0 Å². The third-order valence-electron chi connectivity index (χ3n) is 4.64. The quantitative estimate of drug-likeness (QED) is 0.795. The first kappa shape index (κ1) is 15.8. The van der Waals surface area contributed by atoms with Crippen LogP contribution in [0.2, 0.25) is 0 Å². The molecule has 2 aromatic rings. The molecule has 0 saturated heterocycles. The van der Waals surface area contributed by atoms with E-state index in [2.05, 4.69) is 24.0 Å². The van der Waals surface area contributed by atoms with Crippen LogP contribution in [0.1, 0.15) is 37.0 Å². The van der Waals surface area contributed by atoms with Crippen LogP contribution >= 0.6 is 0 Å². The molecular formula is C19H22N2O2. The summed E-state index contributed by atoms with van der Waals surface area (Å²) in [7, 11) is 0. The highest BCUT2D eigenvalue weighted by atomic mass is 16.4. The monoisotopic (exact) mass is 310 g/mol. The minimum atomic E-state index is -0.296. The number of fused-ring (bicyclic) bond motifs is 2. The second kappa shape index (κ2) is 6.55. The molecule has 1 heterocycles. The second-order valence-electron chi connectivity index (χ2n) is 6.42. The van der Waals surface area contributed by atoms with Crippen LogP contribution in [0, 0.1) is 17.2 Å². The molecule has 0 bridgehead atoms. The Bertz CT molecular complexity index is 816. The molecule has 3 rings (SSSR count). The van der Waals surface area contributed by atoms with Crippen molar-refractivity contribution in [1.29, 1.82) is 5.26 Å². The molecule has 1 aromatic carbocycles. The largest absolute Gasteiger partial charge is 0.423 e. The van der Waals surface area contributed by atoms with Gasteiger partial charge in [-0.25, -0.2) is 4.79 Å². The normalized spacial score (nSPS) is 14.9. The van der Waals surface area contributed by atoms with Crippen molar-refractivity contribution in [2.45, 2.75) is 39.7 Å². The Hall–Kier alpha value is -2.12. The molecule has 0 radical (unpaired) electrons. The van der Waals surface area contributed by atoms with Crippen LogP contribution in [-0.2, 0) is 19.4 Å². The summed E-state index contributed by atoms with van der Waals surface area (Å²) < 4.78 is 5.42. The van der Waals surface area contributed by atoms with Crippen molar-refractivity contribution in [1.82, 2.24) is 4.90 Å². The van der Waals surface area contributed by atoms with Crippen molar-refractivity contribution in [3.05, 3.63) is 45.3 Å². The fourth-order valence-electron chi connectivity index (χ4n) is 3.40. The number of benzene rings is 1. The van der Waals surface area contributed by atoms with Gasteiger partial charge in [0.15, 0.2) is 0 Å². The standard InChI is InChI=1S/C19H22N2O2/c1-3-21(11-13(2)10-20)12-16-9-19(22)23-18-8-15-6-4-5-14(15)7-17(16)18/h7-9,13H,3-6,11-12H2,1-2H3. The van der Waals surface area contributed by atoms with Crippen LogP contribution in [0.4, 0.5) is 0 Å². The first-order valence-corrected chi connectivity index (χ1v) is 8.31. The Labute approximate surface area is 136 Å². The van der Waals surface area contributed by atoms with E-state index in [9.17, 15) is 4.79 Å². The maximum absolute atomic E-state index is 11.9. The molecule has 0 spiro atoms. The number of aryl methyl sites for hydroxylation is 2. The summed E-state index contributed by atoms with van der Waals surface area (Å²) in [6, 6.07) is 8.11. The number of nitriles is 1. The maximum atomic E-state index is 11.9. The lowest BCUT2D eigenvalue weighted by Gasteiger charge is -2.22. The van der Waals surface area contributed by atoms with Gasteiger partial charge in [-0.1, -0.05) is 6.92 Å². The molecule has 120 valence electrons. The Morgan fingerprint density at radius 2 is 2.04 bits per heavy atom. The van der Waals surface area contributed by atoms with Gasteiger partial charge in [0.2, 0.25) is 0 Å². The average Bonchev–Trinajstić information content (AvgIpc) is 2.99. The molecule has 0 N–H and O–H groups in total. The molecule has 23 heavy (non-hydrogen) atoms. The Morgan fingerprint density at radius 3 is 2.74 bits per heavy atom. The van der Waals surface area contributed by atoms with Crippen LogP contribution in [0.15, 0.2) is 27.4 Å². The van der Waals surface area contributed by atoms with E-state index in [1.165, 1.54) is 17.5 Å². The molecule has 1 unspecified atom stereocenters. The van der Waals surface area contributed by atoms with E-state index in [1.807, 2.05) is 13.0 Å². The summed E-state index contributed by atoms with van der Waals surface area (Å²) in [6.07, 6.45) is 3.35. The zero-order valence-corrected chi connectivity index (χ0v) is 13.8. The predicted molar refractivity (Wildman–Crippen MR) is 90.2 cm³/mol. The van der Waals surface area contributed by atoms with Gasteiger partial charge in [0.1, 0.15) is 5.58 Å². The minimum absolute atomic E-state index is 0.0226. The van der Waals surface area contributed by atoms with E-state index in [4.69, 9.17) is 9.68 Å². The summed E-state index contributed by atoms with van der Waals surface area (Å²) in [5.74, 6) is -0.0226. The molecule has 0 aliphatic heterocycles. The van der Waals surface area contributed by atoms with Gasteiger partial charge in [-0.05, 0) is 61.6 Å². The maximum Gasteiger partial charge on any atom is 0.336 e. The van der Waals surface area contributed by atoms with Crippen molar-refractivity contribution < 1.29 is 4.42 Å². The first-order valence-electron chi connectivity index (χ1n) is 8.31.